The first-order valence-electron chi connectivity index (χ1n) is 8.24. The highest BCUT2D eigenvalue weighted by atomic mass is 15.2. The van der Waals surface area contributed by atoms with Gasteiger partial charge >= 0.3 is 0 Å². The summed E-state index contributed by atoms with van der Waals surface area (Å²) in [6, 6.07) is 2.58. The molecule has 0 bridgehead atoms. The lowest BCUT2D eigenvalue weighted by molar-refractivity contribution is 0.0315. The van der Waals surface area contributed by atoms with Gasteiger partial charge in [0.1, 0.15) is 0 Å². The summed E-state index contributed by atoms with van der Waals surface area (Å²) < 4.78 is 0. The first kappa shape index (κ1) is 12.9. The van der Waals surface area contributed by atoms with Gasteiger partial charge in [-0.2, -0.15) is 0 Å². The van der Waals surface area contributed by atoms with E-state index in [0.717, 1.165) is 30.0 Å². The van der Waals surface area contributed by atoms with Crippen LogP contribution in [0.3, 0.4) is 0 Å². The molecule has 0 radical (unpaired) electrons. The molecule has 3 aliphatic rings. The fraction of sp³-hybridized carbons (Fsp3) is 1.00. The average Bonchev–Trinajstić information content (AvgIpc) is 3.09. The molecule has 1 heterocycles. The van der Waals surface area contributed by atoms with E-state index >= 15 is 0 Å². The summed E-state index contributed by atoms with van der Waals surface area (Å²) >= 11 is 0. The van der Waals surface area contributed by atoms with Gasteiger partial charge in [-0.25, -0.2) is 0 Å². The normalized spacial score (nSPS) is 41.7. The van der Waals surface area contributed by atoms with Crippen LogP contribution in [0.4, 0.5) is 0 Å². The molecule has 18 heavy (non-hydrogen) atoms. The number of nitrogens with one attached hydrogen (secondary N) is 1. The van der Waals surface area contributed by atoms with Gasteiger partial charge in [-0.3, -0.25) is 4.90 Å². The lowest BCUT2D eigenvalue weighted by Gasteiger charge is -2.48. The standard InChI is InChI=1S/C16H30N2/c1-3-4-13-9-15(17-14-5-6-14)11-18(10-13)16-7-12(2)8-16/h12-17H,3-11H2,1-2H3. The van der Waals surface area contributed by atoms with Crippen LogP contribution in [-0.2, 0) is 0 Å². The maximum atomic E-state index is 3.88. The Bertz CT molecular complexity index is 268. The fourth-order valence-electron chi connectivity index (χ4n) is 4.02. The molecular formula is C16H30N2. The van der Waals surface area contributed by atoms with Crippen molar-refractivity contribution in [1.82, 2.24) is 10.2 Å². The molecule has 2 atom stereocenters. The van der Waals surface area contributed by atoms with E-state index in [-0.39, 0.29) is 0 Å². The van der Waals surface area contributed by atoms with Crippen LogP contribution < -0.4 is 5.32 Å². The van der Waals surface area contributed by atoms with Crippen LogP contribution in [0.15, 0.2) is 0 Å². The molecule has 2 saturated carbocycles. The minimum absolute atomic E-state index is 0.790. The lowest BCUT2D eigenvalue weighted by Crippen LogP contribution is -2.55. The Morgan fingerprint density at radius 1 is 1.06 bits per heavy atom. The van der Waals surface area contributed by atoms with Crippen molar-refractivity contribution in [2.45, 2.75) is 76.9 Å². The molecule has 1 saturated heterocycles. The summed E-state index contributed by atoms with van der Waals surface area (Å²) in [5.74, 6) is 1.94. The van der Waals surface area contributed by atoms with Crippen LogP contribution in [0.5, 0.6) is 0 Å². The number of hydrogen-bond donors (Lipinski definition) is 1. The highest BCUT2D eigenvalue weighted by Crippen LogP contribution is 2.35. The van der Waals surface area contributed by atoms with E-state index in [9.17, 15) is 0 Å². The average molecular weight is 250 g/mol. The molecule has 1 N–H and O–H groups in total. The molecule has 2 unspecified atom stereocenters. The first-order valence-corrected chi connectivity index (χ1v) is 8.24. The minimum Gasteiger partial charge on any atom is -0.310 e. The van der Waals surface area contributed by atoms with E-state index in [1.807, 2.05) is 0 Å². The second kappa shape index (κ2) is 5.50. The van der Waals surface area contributed by atoms with E-state index in [2.05, 4.69) is 24.1 Å². The van der Waals surface area contributed by atoms with Crippen LogP contribution in [0.2, 0.25) is 0 Å². The van der Waals surface area contributed by atoms with E-state index in [1.165, 1.54) is 58.0 Å². The van der Waals surface area contributed by atoms with E-state index in [0.29, 0.717) is 0 Å². The zero-order valence-electron chi connectivity index (χ0n) is 12.2. The summed E-state index contributed by atoms with van der Waals surface area (Å²) in [6.45, 7) is 7.46. The van der Waals surface area contributed by atoms with E-state index in [1.54, 1.807) is 0 Å². The molecule has 104 valence electrons. The van der Waals surface area contributed by atoms with Gasteiger partial charge in [-0.15, -0.1) is 0 Å². The van der Waals surface area contributed by atoms with Crippen LogP contribution in [0, 0.1) is 11.8 Å². The molecule has 2 heteroatoms. The summed E-state index contributed by atoms with van der Waals surface area (Å²) in [5, 5.41) is 3.88. The highest BCUT2D eigenvalue weighted by Gasteiger charge is 2.37. The van der Waals surface area contributed by atoms with Crippen molar-refractivity contribution in [1.29, 1.82) is 0 Å². The molecule has 1 aliphatic heterocycles. The zero-order chi connectivity index (χ0) is 12.5. The Labute approximate surface area is 113 Å². The van der Waals surface area contributed by atoms with Crippen molar-refractivity contribution in [3.8, 4) is 0 Å². The highest BCUT2D eigenvalue weighted by molar-refractivity contribution is 4.94. The quantitative estimate of drug-likeness (QED) is 0.807. The van der Waals surface area contributed by atoms with Crippen molar-refractivity contribution >= 4 is 0 Å². The maximum absolute atomic E-state index is 3.88. The van der Waals surface area contributed by atoms with Gasteiger partial charge in [-0.05, 0) is 50.4 Å². The Balaban J connectivity index is 1.54. The summed E-state index contributed by atoms with van der Waals surface area (Å²) in [7, 11) is 0. The third kappa shape index (κ3) is 3.08. The number of likely N-dealkylation sites (tertiary alicyclic amines) is 1. The molecule has 0 spiro atoms. The van der Waals surface area contributed by atoms with E-state index in [4.69, 9.17) is 0 Å². The van der Waals surface area contributed by atoms with Crippen LogP contribution in [0.1, 0.15) is 58.8 Å². The smallest absolute Gasteiger partial charge is 0.0200 e. The van der Waals surface area contributed by atoms with Crippen LogP contribution in [0.25, 0.3) is 0 Å². The zero-order valence-corrected chi connectivity index (χ0v) is 12.2. The number of nitrogens with zero attached hydrogens (tertiary/aromatic N) is 1. The van der Waals surface area contributed by atoms with Crippen LogP contribution in [-0.4, -0.2) is 36.1 Å². The predicted octanol–water partition coefficient (Wildman–Crippen LogP) is 3.03. The van der Waals surface area contributed by atoms with Gasteiger partial charge in [-0.1, -0.05) is 20.3 Å². The van der Waals surface area contributed by atoms with Gasteiger partial charge in [0.15, 0.2) is 0 Å². The molecule has 0 aromatic carbocycles. The van der Waals surface area contributed by atoms with Gasteiger partial charge in [0, 0.05) is 31.2 Å². The summed E-state index contributed by atoms with van der Waals surface area (Å²) in [5.41, 5.74) is 0. The van der Waals surface area contributed by atoms with Crippen molar-refractivity contribution in [3.05, 3.63) is 0 Å². The Kier molecular flexibility index (Phi) is 3.95. The SMILES string of the molecule is CCCC1CC(NC2CC2)CN(C2CC(C)C2)C1. The summed E-state index contributed by atoms with van der Waals surface area (Å²) in [4.78, 5) is 2.82. The van der Waals surface area contributed by atoms with Crippen molar-refractivity contribution < 1.29 is 0 Å². The monoisotopic (exact) mass is 250 g/mol. The largest absolute Gasteiger partial charge is 0.310 e. The predicted molar refractivity (Wildman–Crippen MR) is 76.7 cm³/mol. The van der Waals surface area contributed by atoms with Gasteiger partial charge in [0.05, 0.1) is 0 Å². The molecule has 0 amide bonds. The van der Waals surface area contributed by atoms with Gasteiger partial charge in [0.25, 0.3) is 0 Å². The molecule has 2 aliphatic carbocycles. The van der Waals surface area contributed by atoms with Gasteiger partial charge in [0.2, 0.25) is 0 Å². The number of piperidine rings is 1. The topological polar surface area (TPSA) is 15.3 Å². The third-order valence-corrected chi connectivity index (χ3v) is 5.18. The van der Waals surface area contributed by atoms with Crippen molar-refractivity contribution in [2.75, 3.05) is 13.1 Å². The molecule has 2 nitrogen and oxygen atoms in total. The fourth-order valence-corrected chi connectivity index (χ4v) is 4.02. The molecular weight excluding hydrogens is 220 g/mol. The molecule has 0 aromatic rings. The number of rotatable bonds is 5. The van der Waals surface area contributed by atoms with E-state index < -0.39 is 0 Å². The molecule has 0 aromatic heterocycles. The summed E-state index contributed by atoms with van der Waals surface area (Å²) in [6.07, 6.45) is 9.98. The van der Waals surface area contributed by atoms with Crippen molar-refractivity contribution in [2.24, 2.45) is 11.8 Å². The molecule has 3 rings (SSSR count). The third-order valence-electron chi connectivity index (χ3n) is 5.18. The lowest BCUT2D eigenvalue weighted by atomic mass is 9.78. The maximum Gasteiger partial charge on any atom is 0.0200 e. The van der Waals surface area contributed by atoms with Crippen molar-refractivity contribution in [3.63, 3.8) is 0 Å². The van der Waals surface area contributed by atoms with Gasteiger partial charge < -0.3 is 5.32 Å². The first-order chi connectivity index (χ1) is 8.74. The minimum atomic E-state index is 0.790. The molecule has 3 fully saturated rings. The second-order valence-electron chi connectivity index (χ2n) is 7.21. The Morgan fingerprint density at radius 3 is 2.44 bits per heavy atom. The Hall–Kier alpha value is -0.0800. The second-order valence-corrected chi connectivity index (χ2v) is 7.21. The number of hydrogen-bond acceptors (Lipinski definition) is 2. The Morgan fingerprint density at radius 2 is 1.83 bits per heavy atom. The van der Waals surface area contributed by atoms with Crippen LogP contribution >= 0.6 is 0 Å².